The van der Waals surface area contributed by atoms with Gasteiger partial charge in [0.25, 0.3) is 5.89 Å². The molecule has 3 heterocycles. The molecule has 0 bridgehead atoms. The Morgan fingerprint density at radius 1 is 0.935 bits per heavy atom. The summed E-state index contributed by atoms with van der Waals surface area (Å²) >= 11 is 9.15. The Kier molecular flexibility index (Phi) is 5.59. The van der Waals surface area contributed by atoms with E-state index in [1.807, 2.05) is 83.6 Å². The van der Waals surface area contributed by atoms with E-state index in [9.17, 15) is 0 Å². The number of rotatable bonds is 6. The summed E-state index contributed by atoms with van der Waals surface area (Å²) in [4.78, 5) is 0.952. The van der Waals surface area contributed by atoms with Gasteiger partial charge in [0.15, 0.2) is 11.0 Å². The van der Waals surface area contributed by atoms with Crippen molar-refractivity contribution < 1.29 is 4.42 Å². The first kappa shape index (κ1) is 20.0. The average molecular weight is 466 g/mol. The Morgan fingerprint density at radius 3 is 2.48 bits per heavy atom. The second kappa shape index (κ2) is 8.66. The predicted molar refractivity (Wildman–Crippen MR) is 124 cm³/mol. The van der Waals surface area contributed by atoms with Crippen molar-refractivity contribution in [1.29, 1.82) is 0 Å². The van der Waals surface area contributed by atoms with Crippen molar-refractivity contribution in [2.45, 2.75) is 17.3 Å². The van der Waals surface area contributed by atoms with Crippen LogP contribution in [0.15, 0.2) is 81.7 Å². The highest BCUT2D eigenvalue weighted by Gasteiger charge is 2.22. The summed E-state index contributed by atoms with van der Waals surface area (Å²) in [7, 11) is 0. The average Bonchev–Trinajstić information content (AvgIpc) is 3.55. The minimum Gasteiger partial charge on any atom is -0.419 e. The van der Waals surface area contributed by atoms with Crippen LogP contribution in [0.4, 0.5) is 0 Å². The lowest BCUT2D eigenvalue weighted by Crippen LogP contribution is -2.00. The number of halogens is 1. The van der Waals surface area contributed by atoms with Gasteiger partial charge in [-0.1, -0.05) is 47.6 Å². The zero-order valence-electron chi connectivity index (χ0n) is 16.3. The standard InChI is InChI=1S/C22H16ClN5OS2/c1-14(20-25-26-21(29-20)18-8-5-13-30-18)31-22-27-24-19(15-9-11-16(23)12-10-15)28(22)17-6-3-2-4-7-17/h2-14H,1H3. The molecule has 0 N–H and O–H groups in total. The molecule has 3 aromatic heterocycles. The van der Waals surface area contributed by atoms with Crippen LogP contribution in [0.1, 0.15) is 18.1 Å². The smallest absolute Gasteiger partial charge is 0.257 e. The van der Waals surface area contributed by atoms with Crippen LogP contribution < -0.4 is 0 Å². The first-order chi connectivity index (χ1) is 15.2. The molecular weight excluding hydrogens is 450 g/mol. The van der Waals surface area contributed by atoms with Gasteiger partial charge in [-0.25, -0.2) is 0 Å². The third-order valence-electron chi connectivity index (χ3n) is 4.55. The summed E-state index contributed by atoms with van der Waals surface area (Å²) < 4.78 is 7.94. The van der Waals surface area contributed by atoms with E-state index in [-0.39, 0.29) is 5.25 Å². The van der Waals surface area contributed by atoms with E-state index in [2.05, 4.69) is 20.4 Å². The van der Waals surface area contributed by atoms with Gasteiger partial charge >= 0.3 is 0 Å². The number of aromatic nitrogens is 5. The lowest BCUT2D eigenvalue weighted by Gasteiger charge is -2.12. The Labute approximate surface area is 191 Å². The Bertz CT molecular complexity index is 1280. The van der Waals surface area contributed by atoms with Crippen LogP contribution in [-0.2, 0) is 0 Å². The van der Waals surface area contributed by atoms with Gasteiger partial charge in [-0.15, -0.1) is 31.7 Å². The van der Waals surface area contributed by atoms with Crippen LogP contribution in [0.3, 0.4) is 0 Å². The van der Waals surface area contributed by atoms with Crippen molar-refractivity contribution in [1.82, 2.24) is 25.0 Å². The van der Waals surface area contributed by atoms with Gasteiger partial charge in [-0.2, -0.15) is 0 Å². The van der Waals surface area contributed by atoms with Crippen LogP contribution in [0.2, 0.25) is 5.02 Å². The quantitative estimate of drug-likeness (QED) is 0.265. The lowest BCUT2D eigenvalue weighted by atomic mass is 10.2. The van der Waals surface area contributed by atoms with Crippen LogP contribution in [-0.4, -0.2) is 25.0 Å². The second-order valence-electron chi connectivity index (χ2n) is 6.67. The molecule has 9 heteroatoms. The van der Waals surface area contributed by atoms with Crippen LogP contribution in [0.25, 0.3) is 27.8 Å². The van der Waals surface area contributed by atoms with Crippen LogP contribution >= 0.6 is 34.7 Å². The second-order valence-corrected chi connectivity index (χ2v) is 9.36. The molecule has 0 saturated carbocycles. The van der Waals surface area contributed by atoms with Crippen molar-refractivity contribution in [3.05, 3.63) is 83.0 Å². The fraction of sp³-hybridized carbons (Fsp3) is 0.0909. The normalized spacial score (nSPS) is 12.2. The van der Waals surface area contributed by atoms with Gasteiger partial charge in [0.2, 0.25) is 5.89 Å². The van der Waals surface area contributed by atoms with E-state index in [0.29, 0.717) is 16.8 Å². The molecule has 6 nitrogen and oxygen atoms in total. The number of thioether (sulfide) groups is 1. The SMILES string of the molecule is CC(Sc1nnc(-c2ccc(Cl)cc2)n1-c1ccccc1)c1nnc(-c2cccs2)o1. The maximum Gasteiger partial charge on any atom is 0.257 e. The maximum atomic E-state index is 6.07. The summed E-state index contributed by atoms with van der Waals surface area (Å²) in [5, 5.41) is 20.7. The summed E-state index contributed by atoms with van der Waals surface area (Å²) in [5.74, 6) is 1.82. The first-order valence-corrected chi connectivity index (χ1v) is 11.6. The molecular formula is C22H16ClN5OS2. The molecule has 5 aromatic rings. The summed E-state index contributed by atoms with van der Waals surface area (Å²) in [6.07, 6.45) is 0. The molecule has 0 spiro atoms. The number of nitrogens with zero attached hydrogens (tertiary/aromatic N) is 5. The third-order valence-corrected chi connectivity index (χ3v) is 6.69. The number of para-hydroxylation sites is 1. The fourth-order valence-electron chi connectivity index (χ4n) is 3.05. The monoisotopic (exact) mass is 465 g/mol. The van der Waals surface area contributed by atoms with E-state index in [4.69, 9.17) is 16.0 Å². The molecule has 0 radical (unpaired) electrons. The largest absolute Gasteiger partial charge is 0.419 e. The lowest BCUT2D eigenvalue weighted by molar-refractivity contribution is 0.510. The molecule has 0 aliphatic carbocycles. The highest BCUT2D eigenvalue weighted by molar-refractivity contribution is 7.99. The molecule has 0 aliphatic rings. The van der Waals surface area contributed by atoms with Crippen LogP contribution in [0, 0.1) is 0 Å². The van der Waals surface area contributed by atoms with Gasteiger partial charge in [0.1, 0.15) is 0 Å². The van der Waals surface area contributed by atoms with Gasteiger partial charge in [-0.3, -0.25) is 4.57 Å². The molecule has 1 atom stereocenters. The van der Waals surface area contributed by atoms with E-state index < -0.39 is 0 Å². The van der Waals surface area contributed by atoms with Gasteiger partial charge in [-0.05, 0) is 54.8 Å². The molecule has 0 saturated heterocycles. The van der Waals surface area contributed by atoms with Crippen molar-refractivity contribution in [2.24, 2.45) is 0 Å². The number of thiophene rings is 1. The molecule has 0 fully saturated rings. The van der Waals surface area contributed by atoms with Gasteiger partial charge in [0.05, 0.1) is 10.1 Å². The Hall–Kier alpha value is -2.94. The minimum atomic E-state index is -0.106. The summed E-state index contributed by atoms with van der Waals surface area (Å²) in [6.45, 7) is 2.02. The van der Waals surface area contributed by atoms with Gasteiger partial charge < -0.3 is 4.42 Å². The van der Waals surface area contributed by atoms with Crippen molar-refractivity contribution in [3.8, 4) is 27.8 Å². The molecule has 1 unspecified atom stereocenters. The Morgan fingerprint density at radius 2 is 1.74 bits per heavy atom. The minimum absolute atomic E-state index is 0.106. The van der Waals surface area contributed by atoms with Crippen LogP contribution in [0.5, 0.6) is 0 Å². The maximum absolute atomic E-state index is 6.07. The zero-order valence-corrected chi connectivity index (χ0v) is 18.7. The van der Waals surface area contributed by atoms with E-state index >= 15 is 0 Å². The zero-order chi connectivity index (χ0) is 21.2. The summed E-state index contributed by atoms with van der Waals surface area (Å²) in [6, 6.07) is 21.5. The number of hydrogen-bond acceptors (Lipinski definition) is 7. The fourth-order valence-corrected chi connectivity index (χ4v) is 4.72. The number of benzene rings is 2. The molecule has 5 rings (SSSR count). The van der Waals surface area contributed by atoms with E-state index in [1.165, 1.54) is 11.8 Å². The highest BCUT2D eigenvalue weighted by atomic mass is 35.5. The molecule has 31 heavy (non-hydrogen) atoms. The predicted octanol–water partition coefficient (Wildman–Crippen LogP) is 6.55. The van der Waals surface area contributed by atoms with Gasteiger partial charge in [0, 0.05) is 16.3 Å². The topological polar surface area (TPSA) is 69.6 Å². The summed E-state index contributed by atoms with van der Waals surface area (Å²) in [5.41, 5.74) is 1.90. The Balaban J connectivity index is 1.50. The third kappa shape index (κ3) is 4.14. The highest BCUT2D eigenvalue weighted by Crippen LogP contribution is 2.37. The molecule has 0 amide bonds. The van der Waals surface area contributed by atoms with Crippen molar-refractivity contribution in [3.63, 3.8) is 0 Å². The van der Waals surface area contributed by atoms with E-state index in [0.717, 1.165) is 27.1 Å². The first-order valence-electron chi connectivity index (χ1n) is 9.50. The van der Waals surface area contributed by atoms with E-state index in [1.54, 1.807) is 11.3 Å². The molecule has 0 aliphatic heterocycles. The van der Waals surface area contributed by atoms with Crippen molar-refractivity contribution in [2.75, 3.05) is 0 Å². The molecule has 2 aromatic carbocycles. The molecule has 154 valence electrons. The number of hydrogen-bond donors (Lipinski definition) is 0. The van der Waals surface area contributed by atoms with Crippen molar-refractivity contribution >= 4 is 34.7 Å².